The molecule has 0 saturated heterocycles. The molecule has 5 heteroatoms. The fraction of sp³-hybridized carbons (Fsp3) is 0.400. The van der Waals surface area contributed by atoms with E-state index in [2.05, 4.69) is 0 Å². The topological polar surface area (TPSA) is 26.0 Å². The predicted octanol–water partition coefficient (Wildman–Crippen LogP) is 3.60. The standard InChI is InChI=1S/C10H11ClF3N/c1-6-4-7(2-3-8(6)11)9(15)5-10(12,13)14/h2-4,9H,5,15H2,1H3/t9-/m1/s1. The molecule has 0 unspecified atom stereocenters. The number of halogens is 4. The molecule has 2 N–H and O–H groups in total. The summed E-state index contributed by atoms with van der Waals surface area (Å²) >= 11 is 5.76. The van der Waals surface area contributed by atoms with Gasteiger partial charge in [-0.15, -0.1) is 0 Å². The molecule has 1 aromatic rings. The molecule has 0 aromatic heterocycles. The van der Waals surface area contributed by atoms with Gasteiger partial charge in [0.2, 0.25) is 0 Å². The molecular formula is C10H11ClF3N. The molecule has 0 heterocycles. The lowest BCUT2D eigenvalue weighted by Gasteiger charge is -2.15. The number of alkyl halides is 3. The van der Waals surface area contributed by atoms with Crippen LogP contribution in [0.3, 0.4) is 0 Å². The number of benzene rings is 1. The third-order valence-corrected chi connectivity index (χ3v) is 2.49. The summed E-state index contributed by atoms with van der Waals surface area (Å²) in [6, 6.07) is 3.63. The summed E-state index contributed by atoms with van der Waals surface area (Å²) < 4.78 is 36.2. The highest BCUT2D eigenvalue weighted by atomic mass is 35.5. The van der Waals surface area contributed by atoms with Gasteiger partial charge >= 0.3 is 6.18 Å². The molecular weight excluding hydrogens is 227 g/mol. The zero-order valence-corrected chi connectivity index (χ0v) is 8.86. The molecule has 0 spiro atoms. The van der Waals surface area contributed by atoms with Gasteiger partial charge in [-0.1, -0.05) is 23.7 Å². The van der Waals surface area contributed by atoms with Crippen molar-refractivity contribution in [1.29, 1.82) is 0 Å². The average molecular weight is 238 g/mol. The van der Waals surface area contributed by atoms with E-state index in [1.165, 1.54) is 6.07 Å². The first-order valence-electron chi connectivity index (χ1n) is 4.38. The van der Waals surface area contributed by atoms with Crippen LogP contribution in [-0.2, 0) is 0 Å². The zero-order valence-electron chi connectivity index (χ0n) is 8.11. The number of hydrogen-bond donors (Lipinski definition) is 1. The lowest BCUT2D eigenvalue weighted by atomic mass is 10.0. The van der Waals surface area contributed by atoms with Crippen molar-refractivity contribution in [2.24, 2.45) is 5.73 Å². The first-order chi connectivity index (χ1) is 6.79. The lowest BCUT2D eigenvalue weighted by Crippen LogP contribution is -2.20. The van der Waals surface area contributed by atoms with Gasteiger partial charge in [-0.2, -0.15) is 13.2 Å². The highest BCUT2D eigenvalue weighted by molar-refractivity contribution is 6.31. The minimum absolute atomic E-state index is 0.453. The van der Waals surface area contributed by atoms with Crippen LogP contribution in [-0.4, -0.2) is 6.18 Å². The van der Waals surface area contributed by atoms with E-state index in [9.17, 15) is 13.2 Å². The largest absolute Gasteiger partial charge is 0.390 e. The van der Waals surface area contributed by atoms with Gasteiger partial charge in [0.1, 0.15) is 0 Å². The number of aryl methyl sites for hydroxylation is 1. The molecule has 0 saturated carbocycles. The van der Waals surface area contributed by atoms with Crippen molar-refractivity contribution < 1.29 is 13.2 Å². The minimum atomic E-state index is -4.24. The van der Waals surface area contributed by atoms with Crippen LogP contribution in [0.25, 0.3) is 0 Å². The van der Waals surface area contributed by atoms with Crippen LogP contribution in [0.5, 0.6) is 0 Å². The normalized spacial score (nSPS) is 14.0. The molecule has 0 fully saturated rings. The third-order valence-electron chi connectivity index (χ3n) is 2.06. The maximum Gasteiger partial charge on any atom is 0.390 e. The first-order valence-corrected chi connectivity index (χ1v) is 4.76. The van der Waals surface area contributed by atoms with Gasteiger partial charge in [0, 0.05) is 11.1 Å². The Hall–Kier alpha value is -0.740. The van der Waals surface area contributed by atoms with E-state index >= 15 is 0 Å². The van der Waals surface area contributed by atoms with Crippen LogP contribution in [0.15, 0.2) is 18.2 Å². The lowest BCUT2D eigenvalue weighted by molar-refractivity contribution is -0.138. The fourth-order valence-electron chi connectivity index (χ4n) is 1.27. The minimum Gasteiger partial charge on any atom is -0.324 e. The van der Waals surface area contributed by atoms with Crippen LogP contribution in [0.1, 0.15) is 23.6 Å². The van der Waals surface area contributed by atoms with Gasteiger partial charge in [-0.3, -0.25) is 0 Å². The summed E-state index contributed by atoms with van der Waals surface area (Å²) in [5, 5.41) is 0.526. The van der Waals surface area contributed by atoms with Crippen molar-refractivity contribution >= 4 is 11.6 Å². The number of nitrogens with two attached hydrogens (primary N) is 1. The van der Waals surface area contributed by atoms with E-state index in [4.69, 9.17) is 17.3 Å². The van der Waals surface area contributed by atoms with Gasteiger partial charge in [-0.25, -0.2) is 0 Å². The molecule has 1 nitrogen and oxygen atoms in total. The zero-order chi connectivity index (χ0) is 11.6. The van der Waals surface area contributed by atoms with Gasteiger partial charge in [0.15, 0.2) is 0 Å². The van der Waals surface area contributed by atoms with Crippen LogP contribution in [0, 0.1) is 6.92 Å². The molecule has 0 aliphatic rings. The summed E-state index contributed by atoms with van der Waals surface area (Å²) in [5.41, 5.74) is 6.62. The Labute approximate surface area is 91.0 Å². The first kappa shape index (κ1) is 12.3. The van der Waals surface area contributed by atoms with Crippen molar-refractivity contribution in [1.82, 2.24) is 0 Å². The van der Waals surface area contributed by atoms with Gasteiger partial charge in [0.25, 0.3) is 0 Å². The molecule has 15 heavy (non-hydrogen) atoms. The molecule has 0 aliphatic heterocycles. The number of hydrogen-bond acceptors (Lipinski definition) is 1. The summed E-state index contributed by atoms with van der Waals surface area (Å²) in [6.45, 7) is 1.73. The van der Waals surface area contributed by atoms with E-state index in [1.807, 2.05) is 0 Å². The number of rotatable bonds is 2. The quantitative estimate of drug-likeness (QED) is 0.836. The summed E-state index contributed by atoms with van der Waals surface area (Å²) in [4.78, 5) is 0. The Kier molecular flexibility index (Phi) is 3.62. The Morgan fingerprint density at radius 2 is 2.00 bits per heavy atom. The fourth-order valence-corrected chi connectivity index (χ4v) is 1.38. The highest BCUT2D eigenvalue weighted by Crippen LogP contribution is 2.29. The van der Waals surface area contributed by atoms with Crippen molar-refractivity contribution in [2.45, 2.75) is 25.6 Å². The van der Waals surface area contributed by atoms with Gasteiger partial charge < -0.3 is 5.73 Å². The second-order valence-corrected chi connectivity index (χ2v) is 3.84. The van der Waals surface area contributed by atoms with Crippen LogP contribution < -0.4 is 5.73 Å². The predicted molar refractivity (Wildman–Crippen MR) is 53.8 cm³/mol. The molecule has 0 amide bonds. The average Bonchev–Trinajstić information content (AvgIpc) is 2.06. The Morgan fingerprint density at radius 1 is 1.40 bits per heavy atom. The molecule has 84 valence electrons. The molecule has 1 aromatic carbocycles. The van der Waals surface area contributed by atoms with E-state index in [0.29, 0.717) is 10.6 Å². The van der Waals surface area contributed by atoms with Crippen LogP contribution in [0.4, 0.5) is 13.2 Å². The molecule has 0 aliphatic carbocycles. The second kappa shape index (κ2) is 4.41. The molecule has 1 rings (SSSR count). The summed E-state index contributed by atoms with van der Waals surface area (Å²) in [6.07, 6.45) is -5.26. The van der Waals surface area contributed by atoms with Gasteiger partial charge in [-0.05, 0) is 24.1 Å². The monoisotopic (exact) mass is 237 g/mol. The van der Waals surface area contributed by atoms with Crippen LogP contribution in [0.2, 0.25) is 5.02 Å². The van der Waals surface area contributed by atoms with Crippen molar-refractivity contribution in [3.05, 3.63) is 34.3 Å². The smallest absolute Gasteiger partial charge is 0.324 e. The van der Waals surface area contributed by atoms with E-state index in [1.54, 1.807) is 19.1 Å². The van der Waals surface area contributed by atoms with E-state index in [-0.39, 0.29) is 0 Å². The van der Waals surface area contributed by atoms with Gasteiger partial charge in [0.05, 0.1) is 6.42 Å². The van der Waals surface area contributed by atoms with Crippen molar-refractivity contribution in [2.75, 3.05) is 0 Å². The van der Waals surface area contributed by atoms with Crippen LogP contribution >= 0.6 is 11.6 Å². The Morgan fingerprint density at radius 3 is 2.47 bits per heavy atom. The maximum absolute atomic E-state index is 12.1. The summed E-state index contributed by atoms with van der Waals surface area (Å²) in [7, 11) is 0. The van der Waals surface area contributed by atoms with E-state index in [0.717, 1.165) is 5.56 Å². The van der Waals surface area contributed by atoms with Crippen molar-refractivity contribution in [3.8, 4) is 0 Å². The molecule has 0 radical (unpaired) electrons. The highest BCUT2D eigenvalue weighted by Gasteiger charge is 2.30. The second-order valence-electron chi connectivity index (χ2n) is 3.43. The summed E-state index contributed by atoms with van der Waals surface area (Å²) in [5.74, 6) is 0. The molecule has 1 atom stereocenters. The molecule has 0 bridgehead atoms. The Balaban J connectivity index is 2.83. The van der Waals surface area contributed by atoms with Crippen molar-refractivity contribution in [3.63, 3.8) is 0 Å². The SMILES string of the molecule is Cc1cc([C@H](N)CC(F)(F)F)ccc1Cl. The Bertz CT molecular complexity index is 349. The van der Waals surface area contributed by atoms with E-state index < -0.39 is 18.6 Å². The third kappa shape index (κ3) is 3.72. The maximum atomic E-state index is 12.1.